The maximum absolute atomic E-state index is 9.56. The SMILES string of the molecule is CCNC(C)(CO)CCN1CCc2ccccc2CC1. The Balaban J connectivity index is 1.87. The van der Waals surface area contributed by atoms with Gasteiger partial charge >= 0.3 is 0 Å². The van der Waals surface area contributed by atoms with Crippen LogP contribution in [-0.4, -0.2) is 48.3 Å². The molecule has 1 aliphatic rings. The van der Waals surface area contributed by atoms with E-state index < -0.39 is 0 Å². The highest BCUT2D eigenvalue weighted by Gasteiger charge is 2.23. The molecule has 0 fully saturated rings. The van der Waals surface area contributed by atoms with Crippen LogP contribution < -0.4 is 5.32 Å². The number of aliphatic hydroxyl groups is 1. The van der Waals surface area contributed by atoms with Crippen LogP contribution in [0.15, 0.2) is 24.3 Å². The largest absolute Gasteiger partial charge is 0.394 e. The summed E-state index contributed by atoms with van der Waals surface area (Å²) in [6.07, 6.45) is 3.29. The van der Waals surface area contributed by atoms with Gasteiger partial charge in [0, 0.05) is 18.6 Å². The van der Waals surface area contributed by atoms with Crippen LogP contribution in [0.5, 0.6) is 0 Å². The zero-order valence-corrected chi connectivity index (χ0v) is 12.9. The van der Waals surface area contributed by atoms with Crippen LogP contribution in [0.2, 0.25) is 0 Å². The summed E-state index contributed by atoms with van der Waals surface area (Å²) in [5.41, 5.74) is 2.87. The van der Waals surface area contributed by atoms with Crippen molar-refractivity contribution in [1.29, 1.82) is 0 Å². The molecule has 0 spiro atoms. The zero-order chi connectivity index (χ0) is 14.4. The second-order valence-corrected chi connectivity index (χ2v) is 6.11. The molecule has 0 saturated carbocycles. The number of hydrogen-bond donors (Lipinski definition) is 2. The van der Waals surface area contributed by atoms with Crippen molar-refractivity contribution in [3.8, 4) is 0 Å². The fraction of sp³-hybridized carbons (Fsp3) is 0.647. The summed E-state index contributed by atoms with van der Waals surface area (Å²) in [6.45, 7) is 8.63. The number of rotatable bonds is 6. The van der Waals surface area contributed by atoms with Crippen molar-refractivity contribution in [2.75, 3.05) is 32.8 Å². The van der Waals surface area contributed by atoms with Crippen molar-refractivity contribution in [2.24, 2.45) is 0 Å². The van der Waals surface area contributed by atoms with Gasteiger partial charge in [0.15, 0.2) is 0 Å². The lowest BCUT2D eigenvalue weighted by Crippen LogP contribution is -2.48. The van der Waals surface area contributed by atoms with Crippen molar-refractivity contribution < 1.29 is 5.11 Å². The number of likely N-dealkylation sites (N-methyl/N-ethyl adjacent to an activating group) is 1. The normalized spacial score (nSPS) is 19.1. The van der Waals surface area contributed by atoms with Gasteiger partial charge < -0.3 is 15.3 Å². The number of aliphatic hydroxyl groups excluding tert-OH is 1. The van der Waals surface area contributed by atoms with Gasteiger partial charge in [-0.15, -0.1) is 0 Å². The minimum atomic E-state index is -0.145. The average molecular weight is 276 g/mol. The Kier molecular flexibility index (Phi) is 5.58. The van der Waals surface area contributed by atoms with E-state index in [2.05, 4.69) is 48.3 Å². The van der Waals surface area contributed by atoms with Crippen molar-refractivity contribution in [3.63, 3.8) is 0 Å². The number of hydrogen-bond acceptors (Lipinski definition) is 3. The van der Waals surface area contributed by atoms with E-state index in [1.54, 1.807) is 0 Å². The molecule has 1 heterocycles. The third-order valence-electron chi connectivity index (χ3n) is 4.45. The van der Waals surface area contributed by atoms with E-state index in [-0.39, 0.29) is 12.1 Å². The molecule has 2 N–H and O–H groups in total. The van der Waals surface area contributed by atoms with E-state index in [1.807, 2.05) is 0 Å². The van der Waals surface area contributed by atoms with Crippen LogP contribution in [0.1, 0.15) is 31.4 Å². The summed E-state index contributed by atoms with van der Waals surface area (Å²) in [5.74, 6) is 0. The predicted molar refractivity (Wildman–Crippen MR) is 84.1 cm³/mol. The van der Waals surface area contributed by atoms with E-state index in [4.69, 9.17) is 0 Å². The number of benzene rings is 1. The van der Waals surface area contributed by atoms with Gasteiger partial charge in [-0.25, -0.2) is 0 Å². The second-order valence-electron chi connectivity index (χ2n) is 6.11. The second kappa shape index (κ2) is 7.21. The Morgan fingerprint density at radius 1 is 1.20 bits per heavy atom. The van der Waals surface area contributed by atoms with Gasteiger partial charge in [-0.2, -0.15) is 0 Å². The minimum absolute atomic E-state index is 0.145. The summed E-state index contributed by atoms with van der Waals surface area (Å²) in [6, 6.07) is 8.80. The molecule has 3 heteroatoms. The van der Waals surface area contributed by atoms with Gasteiger partial charge in [-0.1, -0.05) is 31.2 Å². The van der Waals surface area contributed by atoms with Crippen molar-refractivity contribution in [1.82, 2.24) is 10.2 Å². The molecule has 0 bridgehead atoms. The smallest absolute Gasteiger partial charge is 0.0611 e. The first kappa shape index (κ1) is 15.5. The Labute approximate surface area is 123 Å². The molecule has 2 rings (SSSR count). The summed E-state index contributed by atoms with van der Waals surface area (Å²) >= 11 is 0. The van der Waals surface area contributed by atoms with E-state index in [1.165, 1.54) is 11.1 Å². The molecule has 1 aliphatic heterocycles. The van der Waals surface area contributed by atoms with Gasteiger partial charge in [0.05, 0.1) is 6.61 Å². The van der Waals surface area contributed by atoms with Crippen molar-refractivity contribution >= 4 is 0 Å². The van der Waals surface area contributed by atoms with Gasteiger partial charge in [-0.3, -0.25) is 0 Å². The molecule has 0 aliphatic carbocycles. The molecule has 20 heavy (non-hydrogen) atoms. The van der Waals surface area contributed by atoms with Crippen LogP contribution in [0.4, 0.5) is 0 Å². The van der Waals surface area contributed by atoms with Crippen LogP contribution >= 0.6 is 0 Å². The Morgan fingerprint density at radius 2 is 1.80 bits per heavy atom. The van der Waals surface area contributed by atoms with E-state index in [9.17, 15) is 5.11 Å². The zero-order valence-electron chi connectivity index (χ0n) is 12.9. The third kappa shape index (κ3) is 4.05. The Hall–Kier alpha value is -0.900. The topological polar surface area (TPSA) is 35.5 Å². The molecular formula is C17H28N2O. The van der Waals surface area contributed by atoms with Gasteiger partial charge in [0.1, 0.15) is 0 Å². The molecule has 0 radical (unpaired) electrons. The molecule has 0 aromatic heterocycles. The van der Waals surface area contributed by atoms with Crippen LogP contribution in [0, 0.1) is 0 Å². The maximum atomic E-state index is 9.56. The molecule has 1 aromatic rings. The highest BCUT2D eigenvalue weighted by atomic mass is 16.3. The fourth-order valence-electron chi connectivity index (χ4n) is 2.99. The molecule has 3 nitrogen and oxygen atoms in total. The quantitative estimate of drug-likeness (QED) is 0.832. The first-order valence-electron chi connectivity index (χ1n) is 7.82. The highest BCUT2D eigenvalue weighted by Crippen LogP contribution is 2.17. The standard InChI is InChI=1S/C17H28N2O/c1-3-18-17(2,14-20)10-13-19-11-8-15-6-4-5-7-16(15)9-12-19/h4-7,18,20H,3,8-14H2,1-2H3. The summed E-state index contributed by atoms with van der Waals surface area (Å²) in [7, 11) is 0. The molecule has 0 amide bonds. The highest BCUT2D eigenvalue weighted by molar-refractivity contribution is 5.28. The first-order valence-corrected chi connectivity index (χ1v) is 7.82. The first-order chi connectivity index (χ1) is 9.67. The minimum Gasteiger partial charge on any atom is -0.394 e. The molecule has 1 unspecified atom stereocenters. The average Bonchev–Trinajstić information content (AvgIpc) is 2.68. The summed E-state index contributed by atoms with van der Waals surface area (Å²) < 4.78 is 0. The number of fused-ring (bicyclic) bond motifs is 1. The molecule has 0 saturated heterocycles. The lowest BCUT2D eigenvalue weighted by atomic mass is 9.98. The lowest BCUT2D eigenvalue weighted by molar-refractivity contribution is 0.148. The fourth-order valence-corrected chi connectivity index (χ4v) is 2.99. The van der Waals surface area contributed by atoms with Gasteiger partial charge in [0.25, 0.3) is 0 Å². The van der Waals surface area contributed by atoms with Crippen molar-refractivity contribution in [2.45, 2.75) is 38.6 Å². The van der Waals surface area contributed by atoms with E-state index in [0.29, 0.717) is 0 Å². The third-order valence-corrected chi connectivity index (χ3v) is 4.45. The predicted octanol–water partition coefficient (Wildman–Crippen LogP) is 1.84. The summed E-state index contributed by atoms with van der Waals surface area (Å²) in [5, 5.41) is 13.0. The van der Waals surface area contributed by atoms with Crippen LogP contribution in [-0.2, 0) is 12.8 Å². The molecule has 1 aromatic carbocycles. The number of nitrogens with one attached hydrogen (secondary N) is 1. The van der Waals surface area contributed by atoms with Crippen molar-refractivity contribution in [3.05, 3.63) is 35.4 Å². The molecule has 112 valence electrons. The van der Waals surface area contributed by atoms with E-state index in [0.717, 1.165) is 45.4 Å². The van der Waals surface area contributed by atoms with Crippen LogP contribution in [0.25, 0.3) is 0 Å². The summed E-state index contributed by atoms with van der Waals surface area (Å²) in [4.78, 5) is 2.53. The Bertz CT molecular complexity index is 394. The van der Waals surface area contributed by atoms with E-state index >= 15 is 0 Å². The maximum Gasteiger partial charge on any atom is 0.0611 e. The monoisotopic (exact) mass is 276 g/mol. The molecular weight excluding hydrogens is 248 g/mol. The lowest BCUT2D eigenvalue weighted by Gasteiger charge is -2.31. The van der Waals surface area contributed by atoms with Gasteiger partial charge in [0.2, 0.25) is 0 Å². The van der Waals surface area contributed by atoms with Gasteiger partial charge in [-0.05, 0) is 50.4 Å². The Morgan fingerprint density at radius 3 is 2.30 bits per heavy atom. The molecule has 1 atom stereocenters. The van der Waals surface area contributed by atoms with Crippen LogP contribution in [0.3, 0.4) is 0 Å². The number of nitrogens with zero attached hydrogens (tertiary/aromatic N) is 1.